The lowest BCUT2D eigenvalue weighted by Crippen LogP contribution is -2.05. The maximum Gasteiger partial charge on any atom is 0.108 e. The molecule has 0 spiro atoms. The molecule has 0 saturated carbocycles. The van der Waals surface area contributed by atoms with Crippen LogP contribution in [0.5, 0.6) is 0 Å². The van der Waals surface area contributed by atoms with Gasteiger partial charge in [-0.05, 0) is 22.0 Å². The highest BCUT2D eigenvalue weighted by Gasteiger charge is 1.98. The van der Waals surface area contributed by atoms with Crippen molar-refractivity contribution < 1.29 is 4.39 Å². The number of nitrogens with one attached hydrogen (secondary N) is 1. The van der Waals surface area contributed by atoms with Gasteiger partial charge in [0.15, 0.2) is 0 Å². The summed E-state index contributed by atoms with van der Waals surface area (Å²) < 4.78 is 12.5. The summed E-state index contributed by atoms with van der Waals surface area (Å²) in [7, 11) is 0. The second-order valence-corrected chi connectivity index (χ2v) is 3.02. The summed E-state index contributed by atoms with van der Waals surface area (Å²) in [4.78, 5) is 3.91. The zero-order valence-electron chi connectivity index (χ0n) is 6.35. The smallest absolute Gasteiger partial charge is 0.108 e. The van der Waals surface area contributed by atoms with Crippen LogP contribution in [0.3, 0.4) is 0 Å². The molecule has 1 aromatic heterocycles. The number of anilines is 2. The minimum absolute atomic E-state index is 0.265. The van der Waals surface area contributed by atoms with Gasteiger partial charge in [0.1, 0.15) is 11.3 Å². The molecule has 0 saturated heterocycles. The van der Waals surface area contributed by atoms with Crippen molar-refractivity contribution in [1.82, 2.24) is 4.98 Å². The van der Waals surface area contributed by atoms with E-state index in [1.807, 2.05) is 0 Å². The molecule has 0 aliphatic heterocycles. The van der Waals surface area contributed by atoms with Crippen LogP contribution in [0.15, 0.2) is 16.9 Å². The number of hydrogen-bond acceptors (Lipinski definition) is 3. The Balaban J connectivity index is 2.75. The molecule has 66 valence electrons. The van der Waals surface area contributed by atoms with Gasteiger partial charge in [0.25, 0.3) is 0 Å². The van der Waals surface area contributed by atoms with Crippen molar-refractivity contribution in [2.45, 2.75) is 0 Å². The Bertz CT molecular complexity index is 267. The predicted molar refractivity (Wildman–Crippen MR) is 50.8 cm³/mol. The molecule has 5 heteroatoms. The van der Waals surface area contributed by atoms with Crippen LogP contribution in [0.1, 0.15) is 0 Å². The van der Waals surface area contributed by atoms with Crippen molar-refractivity contribution >= 4 is 27.3 Å². The highest BCUT2D eigenvalue weighted by atomic mass is 79.9. The average molecular weight is 234 g/mol. The highest BCUT2D eigenvalue weighted by Crippen LogP contribution is 2.20. The van der Waals surface area contributed by atoms with Gasteiger partial charge in [-0.3, -0.25) is 0 Å². The van der Waals surface area contributed by atoms with Gasteiger partial charge in [-0.25, -0.2) is 9.37 Å². The van der Waals surface area contributed by atoms with Gasteiger partial charge in [0.2, 0.25) is 0 Å². The largest absolute Gasteiger partial charge is 0.396 e. The third-order valence-corrected chi connectivity index (χ3v) is 1.75. The minimum atomic E-state index is -0.417. The maximum absolute atomic E-state index is 11.8. The van der Waals surface area contributed by atoms with Gasteiger partial charge in [-0.15, -0.1) is 0 Å². The fourth-order valence-electron chi connectivity index (χ4n) is 0.775. The van der Waals surface area contributed by atoms with Crippen molar-refractivity contribution in [3.8, 4) is 0 Å². The monoisotopic (exact) mass is 233 g/mol. The molecule has 0 radical (unpaired) electrons. The lowest BCUT2D eigenvalue weighted by Gasteiger charge is -2.06. The molecule has 1 heterocycles. The van der Waals surface area contributed by atoms with E-state index in [9.17, 15) is 4.39 Å². The molecular formula is C7H9BrFN3. The van der Waals surface area contributed by atoms with Gasteiger partial charge in [-0.1, -0.05) is 0 Å². The lowest BCUT2D eigenvalue weighted by molar-refractivity contribution is 0.513. The topological polar surface area (TPSA) is 50.9 Å². The van der Waals surface area contributed by atoms with E-state index >= 15 is 0 Å². The Morgan fingerprint density at radius 1 is 1.67 bits per heavy atom. The zero-order chi connectivity index (χ0) is 8.97. The first-order valence-corrected chi connectivity index (χ1v) is 4.24. The van der Waals surface area contributed by atoms with E-state index in [1.54, 1.807) is 6.07 Å². The Kier molecular flexibility index (Phi) is 3.28. The summed E-state index contributed by atoms with van der Waals surface area (Å²) in [5, 5.41) is 2.83. The number of halogens is 2. The number of aromatic nitrogens is 1. The number of rotatable bonds is 3. The standard InChI is InChI=1S/C7H9BrFN3/c8-7-3-6(11-2-1-9)5(10)4-12-7/h3-4H,1-2,10H2,(H,11,12). The first-order valence-electron chi connectivity index (χ1n) is 3.45. The normalized spacial score (nSPS) is 9.83. The second-order valence-electron chi connectivity index (χ2n) is 2.21. The summed E-state index contributed by atoms with van der Waals surface area (Å²) in [6.07, 6.45) is 1.52. The molecule has 0 bridgehead atoms. The first-order chi connectivity index (χ1) is 5.74. The van der Waals surface area contributed by atoms with Crippen molar-refractivity contribution in [2.24, 2.45) is 0 Å². The lowest BCUT2D eigenvalue weighted by atomic mass is 10.3. The van der Waals surface area contributed by atoms with E-state index in [0.717, 1.165) is 0 Å². The first kappa shape index (κ1) is 9.25. The summed E-state index contributed by atoms with van der Waals surface area (Å²) in [6.45, 7) is -0.153. The molecule has 3 nitrogen and oxygen atoms in total. The second kappa shape index (κ2) is 4.25. The van der Waals surface area contributed by atoms with Crippen LogP contribution in [0, 0.1) is 0 Å². The van der Waals surface area contributed by atoms with E-state index in [0.29, 0.717) is 16.0 Å². The van der Waals surface area contributed by atoms with Crippen LogP contribution in [0.25, 0.3) is 0 Å². The number of nitrogens with two attached hydrogens (primary N) is 1. The fraction of sp³-hybridized carbons (Fsp3) is 0.286. The number of hydrogen-bond donors (Lipinski definition) is 2. The van der Waals surface area contributed by atoms with Crippen LogP contribution in [0.4, 0.5) is 15.8 Å². The fourth-order valence-corrected chi connectivity index (χ4v) is 1.11. The van der Waals surface area contributed by atoms with Crippen molar-refractivity contribution in [3.63, 3.8) is 0 Å². The summed E-state index contributed by atoms with van der Waals surface area (Å²) >= 11 is 3.19. The predicted octanol–water partition coefficient (Wildman–Crippen LogP) is 1.81. The van der Waals surface area contributed by atoms with E-state index in [-0.39, 0.29) is 6.54 Å². The van der Waals surface area contributed by atoms with Crippen molar-refractivity contribution in [1.29, 1.82) is 0 Å². The summed E-state index contributed by atoms with van der Waals surface area (Å²) in [6, 6.07) is 1.71. The van der Waals surface area contributed by atoms with E-state index in [4.69, 9.17) is 5.73 Å². The molecule has 3 N–H and O–H groups in total. The van der Waals surface area contributed by atoms with E-state index in [1.165, 1.54) is 6.20 Å². The van der Waals surface area contributed by atoms with Crippen molar-refractivity contribution in [2.75, 3.05) is 24.3 Å². The van der Waals surface area contributed by atoms with Crippen LogP contribution in [-0.2, 0) is 0 Å². The van der Waals surface area contributed by atoms with Gasteiger partial charge in [-0.2, -0.15) is 0 Å². The molecule has 0 fully saturated rings. The third kappa shape index (κ3) is 2.34. The highest BCUT2D eigenvalue weighted by molar-refractivity contribution is 9.10. The Labute approximate surface area is 78.3 Å². The average Bonchev–Trinajstić information content (AvgIpc) is 2.07. The van der Waals surface area contributed by atoms with Crippen LogP contribution in [-0.4, -0.2) is 18.2 Å². The summed E-state index contributed by atoms with van der Waals surface area (Å²) in [5.74, 6) is 0. The third-order valence-electron chi connectivity index (χ3n) is 1.31. The number of nitrogen functional groups attached to an aromatic ring is 1. The number of nitrogens with zero attached hydrogens (tertiary/aromatic N) is 1. The molecular weight excluding hydrogens is 225 g/mol. The molecule has 1 aromatic rings. The van der Waals surface area contributed by atoms with Gasteiger partial charge >= 0.3 is 0 Å². The van der Waals surface area contributed by atoms with Crippen molar-refractivity contribution in [3.05, 3.63) is 16.9 Å². The summed E-state index contributed by atoms with van der Waals surface area (Å²) in [5.41, 5.74) is 6.79. The zero-order valence-corrected chi connectivity index (χ0v) is 7.94. The molecule has 12 heavy (non-hydrogen) atoms. The van der Waals surface area contributed by atoms with Crippen LogP contribution < -0.4 is 11.1 Å². The van der Waals surface area contributed by atoms with Crippen LogP contribution >= 0.6 is 15.9 Å². The Morgan fingerprint density at radius 2 is 2.42 bits per heavy atom. The molecule has 1 rings (SSSR count). The molecule has 0 unspecified atom stereocenters. The van der Waals surface area contributed by atoms with Gasteiger partial charge < -0.3 is 11.1 Å². The maximum atomic E-state index is 11.8. The molecule has 0 aliphatic carbocycles. The van der Waals surface area contributed by atoms with E-state index < -0.39 is 6.67 Å². The molecule has 0 amide bonds. The number of alkyl halides is 1. The molecule has 0 aromatic carbocycles. The quantitative estimate of drug-likeness (QED) is 0.784. The minimum Gasteiger partial charge on any atom is -0.396 e. The Morgan fingerprint density at radius 3 is 3.08 bits per heavy atom. The Hall–Kier alpha value is -0.840. The van der Waals surface area contributed by atoms with Gasteiger partial charge in [0, 0.05) is 6.54 Å². The van der Waals surface area contributed by atoms with Gasteiger partial charge in [0.05, 0.1) is 17.6 Å². The number of pyridine rings is 1. The SMILES string of the molecule is Nc1cnc(Br)cc1NCCF. The molecule has 0 aliphatic rings. The molecule has 0 atom stereocenters. The van der Waals surface area contributed by atoms with Crippen LogP contribution in [0.2, 0.25) is 0 Å². The van der Waals surface area contributed by atoms with E-state index in [2.05, 4.69) is 26.2 Å².